The number of anilines is 1. The fourth-order valence-corrected chi connectivity index (χ4v) is 2.32. The molecule has 0 radical (unpaired) electrons. The van der Waals surface area contributed by atoms with Crippen molar-refractivity contribution >= 4 is 23.3 Å². The molecule has 98 valence electrons. The van der Waals surface area contributed by atoms with E-state index in [9.17, 15) is 4.79 Å². The van der Waals surface area contributed by atoms with Gasteiger partial charge in [0, 0.05) is 13.1 Å². The van der Waals surface area contributed by atoms with Crippen LogP contribution < -0.4 is 5.32 Å². The van der Waals surface area contributed by atoms with E-state index in [4.69, 9.17) is 11.6 Å². The summed E-state index contributed by atoms with van der Waals surface area (Å²) >= 11 is 5.81. The topological polar surface area (TPSA) is 45.2 Å². The molecule has 1 amide bonds. The molecule has 0 saturated carbocycles. The molecule has 1 atom stereocenters. The maximum Gasteiger partial charge on any atom is 0.244 e. The third-order valence-corrected chi connectivity index (χ3v) is 3.33. The number of aromatic nitrogens is 1. The molecule has 1 aliphatic heterocycles. The smallest absolute Gasteiger partial charge is 0.244 e. The Hall–Kier alpha value is -1.29. The molecular formula is C13H18ClN3O. The van der Waals surface area contributed by atoms with Gasteiger partial charge in [0.1, 0.15) is 17.0 Å². The summed E-state index contributed by atoms with van der Waals surface area (Å²) in [6, 6.07) is 5.07. The van der Waals surface area contributed by atoms with Crippen LogP contribution in [0.4, 0.5) is 5.82 Å². The molecule has 1 aliphatic rings. The first-order valence-corrected chi connectivity index (χ1v) is 6.72. The third kappa shape index (κ3) is 3.35. The summed E-state index contributed by atoms with van der Waals surface area (Å²) in [5, 5.41) is 3.52. The molecule has 0 aliphatic carbocycles. The molecule has 1 aromatic heterocycles. The predicted octanol–water partition coefficient (Wildman–Crippen LogP) is 2.55. The summed E-state index contributed by atoms with van der Waals surface area (Å²) in [6.45, 7) is 3.60. The van der Waals surface area contributed by atoms with Gasteiger partial charge in [-0.15, -0.1) is 0 Å². The minimum absolute atomic E-state index is 0.136. The van der Waals surface area contributed by atoms with Crippen LogP contribution in [0.2, 0.25) is 5.15 Å². The first kappa shape index (κ1) is 13.1. The molecule has 1 N–H and O–H groups in total. The average Bonchev–Trinajstić information content (AvgIpc) is 2.39. The first-order chi connectivity index (χ1) is 8.66. The number of hydrogen-bond donors (Lipinski definition) is 1. The van der Waals surface area contributed by atoms with Crippen LogP contribution in [0.25, 0.3) is 0 Å². The molecule has 0 bridgehead atoms. The highest BCUT2D eigenvalue weighted by molar-refractivity contribution is 6.29. The minimum Gasteiger partial charge on any atom is -0.359 e. The van der Waals surface area contributed by atoms with Crippen LogP contribution in [0.15, 0.2) is 18.2 Å². The molecule has 1 unspecified atom stereocenters. The fraction of sp³-hybridized carbons (Fsp3) is 0.538. The lowest BCUT2D eigenvalue weighted by molar-refractivity contribution is -0.132. The van der Waals surface area contributed by atoms with Crippen molar-refractivity contribution < 1.29 is 4.79 Å². The molecule has 2 rings (SSSR count). The third-order valence-electron chi connectivity index (χ3n) is 3.12. The molecule has 5 heteroatoms. The summed E-state index contributed by atoms with van der Waals surface area (Å²) in [4.78, 5) is 18.2. The standard InChI is InChI=1S/C13H18ClN3O/c1-10(13(18)17-8-3-2-4-9-17)15-12-7-5-6-11(14)16-12/h5-7,10H,2-4,8-9H2,1H3,(H,15,16). The molecule has 18 heavy (non-hydrogen) atoms. The Balaban J connectivity index is 1.94. The number of piperidine rings is 1. The number of amides is 1. The van der Waals surface area contributed by atoms with Gasteiger partial charge in [-0.05, 0) is 38.3 Å². The fourth-order valence-electron chi connectivity index (χ4n) is 2.16. The van der Waals surface area contributed by atoms with E-state index in [0.29, 0.717) is 11.0 Å². The zero-order valence-corrected chi connectivity index (χ0v) is 11.3. The molecular weight excluding hydrogens is 250 g/mol. The van der Waals surface area contributed by atoms with Gasteiger partial charge in [0.2, 0.25) is 5.91 Å². The molecule has 0 aromatic carbocycles. The number of nitrogens with one attached hydrogen (secondary N) is 1. The van der Waals surface area contributed by atoms with Gasteiger partial charge in [-0.1, -0.05) is 17.7 Å². The van der Waals surface area contributed by atoms with Crippen LogP contribution in [-0.4, -0.2) is 34.9 Å². The Morgan fingerprint density at radius 1 is 1.39 bits per heavy atom. The van der Waals surface area contributed by atoms with E-state index in [0.717, 1.165) is 25.9 Å². The lowest BCUT2D eigenvalue weighted by Gasteiger charge is -2.29. The van der Waals surface area contributed by atoms with Crippen molar-refractivity contribution in [2.45, 2.75) is 32.2 Å². The van der Waals surface area contributed by atoms with Crippen LogP contribution in [0, 0.1) is 0 Å². The van der Waals surface area contributed by atoms with Crippen molar-refractivity contribution in [3.05, 3.63) is 23.4 Å². The highest BCUT2D eigenvalue weighted by Crippen LogP contribution is 2.13. The average molecular weight is 268 g/mol. The van der Waals surface area contributed by atoms with Crippen LogP contribution >= 0.6 is 11.6 Å². The van der Waals surface area contributed by atoms with Crippen molar-refractivity contribution in [2.24, 2.45) is 0 Å². The van der Waals surface area contributed by atoms with E-state index >= 15 is 0 Å². The second-order valence-corrected chi connectivity index (χ2v) is 4.98. The molecule has 1 aromatic rings. The monoisotopic (exact) mass is 267 g/mol. The normalized spacial score (nSPS) is 17.3. The first-order valence-electron chi connectivity index (χ1n) is 6.35. The van der Waals surface area contributed by atoms with E-state index < -0.39 is 0 Å². The second-order valence-electron chi connectivity index (χ2n) is 4.60. The highest BCUT2D eigenvalue weighted by atomic mass is 35.5. The van der Waals surface area contributed by atoms with Crippen molar-refractivity contribution in [3.8, 4) is 0 Å². The Morgan fingerprint density at radius 3 is 2.78 bits per heavy atom. The Labute approximate surface area is 112 Å². The van der Waals surface area contributed by atoms with E-state index in [2.05, 4.69) is 10.3 Å². The van der Waals surface area contributed by atoms with Gasteiger partial charge in [-0.3, -0.25) is 4.79 Å². The van der Waals surface area contributed by atoms with Gasteiger partial charge < -0.3 is 10.2 Å². The Bertz CT molecular complexity index is 418. The summed E-state index contributed by atoms with van der Waals surface area (Å²) in [6.07, 6.45) is 3.43. The van der Waals surface area contributed by atoms with E-state index in [1.54, 1.807) is 6.07 Å². The molecule has 2 heterocycles. The van der Waals surface area contributed by atoms with Gasteiger partial charge in [-0.2, -0.15) is 0 Å². The van der Waals surface area contributed by atoms with Gasteiger partial charge in [0.25, 0.3) is 0 Å². The maximum atomic E-state index is 12.2. The van der Waals surface area contributed by atoms with E-state index in [1.807, 2.05) is 24.0 Å². The lowest BCUT2D eigenvalue weighted by Crippen LogP contribution is -2.44. The number of likely N-dealkylation sites (tertiary alicyclic amines) is 1. The van der Waals surface area contributed by atoms with Gasteiger partial charge in [-0.25, -0.2) is 4.98 Å². The number of halogens is 1. The van der Waals surface area contributed by atoms with Gasteiger partial charge >= 0.3 is 0 Å². The van der Waals surface area contributed by atoms with Crippen LogP contribution in [0.1, 0.15) is 26.2 Å². The zero-order valence-electron chi connectivity index (χ0n) is 10.5. The van der Waals surface area contributed by atoms with Crippen LogP contribution in [-0.2, 0) is 4.79 Å². The second kappa shape index (κ2) is 6.05. The number of rotatable bonds is 3. The predicted molar refractivity (Wildman–Crippen MR) is 72.8 cm³/mol. The SMILES string of the molecule is CC(Nc1cccc(Cl)n1)C(=O)N1CCCCC1. The molecule has 0 spiro atoms. The molecule has 4 nitrogen and oxygen atoms in total. The lowest BCUT2D eigenvalue weighted by atomic mass is 10.1. The van der Waals surface area contributed by atoms with Gasteiger partial charge in [0.05, 0.1) is 0 Å². The van der Waals surface area contributed by atoms with E-state index in [1.165, 1.54) is 6.42 Å². The quantitative estimate of drug-likeness (QED) is 0.856. The summed E-state index contributed by atoms with van der Waals surface area (Å²) in [7, 11) is 0. The number of pyridine rings is 1. The largest absolute Gasteiger partial charge is 0.359 e. The van der Waals surface area contributed by atoms with Crippen molar-refractivity contribution in [3.63, 3.8) is 0 Å². The van der Waals surface area contributed by atoms with Crippen LogP contribution in [0.3, 0.4) is 0 Å². The number of carbonyl (C=O) groups excluding carboxylic acids is 1. The van der Waals surface area contributed by atoms with Crippen molar-refractivity contribution in [2.75, 3.05) is 18.4 Å². The zero-order chi connectivity index (χ0) is 13.0. The number of carbonyl (C=O) groups is 1. The summed E-state index contributed by atoms with van der Waals surface area (Å²) < 4.78 is 0. The summed E-state index contributed by atoms with van der Waals surface area (Å²) in [5.41, 5.74) is 0. The molecule has 1 saturated heterocycles. The molecule has 1 fully saturated rings. The number of hydrogen-bond acceptors (Lipinski definition) is 3. The van der Waals surface area contributed by atoms with Crippen molar-refractivity contribution in [1.82, 2.24) is 9.88 Å². The number of nitrogens with zero attached hydrogens (tertiary/aromatic N) is 2. The highest BCUT2D eigenvalue weighted by Gasteiger charge is 2.22. The summed E-state index contributed by atoms with van der Waals surface area (Å²) in [5.74, 6) is 0.775. The van der Waals surface area contributed by atoms with Gasteiger partial charge in [0.15, 0.2) is 0 Å². The van der Waals surface area contributed by atoms with E-state index in [-0.39, 0.29) is 11.9 Å². The minimum atomic E-state index is -0.269. The Kier molecular flexibility index (Phi) is 4.42. The van der Waals surface area contributed by atoms with Crippen molar-refractivity contribution in [1.29, 1.82) is 0 Å². The Morgan fingerprint density at radius 2 is 2.11 bits per heavy atom. The van der Waals surface area contributed by atoms with Crippen LogP contribution in [0.5, 0.6) is 0 Å². The maximum absolute atomic E-state index is 12.2.